The predicted octanol–water partition coefficient (Wildman–Crippen LogP) is 2.59. The third kappa shape index (κ3) is 1.66. The third-order valence-electron chi connectivity index (χ3n) is 2.66. The summed E-state index contributed by atoms with van der Waals surface area (Å²) in [4.78, 5) is 4.20. The van der Waals surface area contributed by atoms with Crippen molar-refractivity contribution in [3.05, 3.63) is 42.5 Å². The number of anilines is 1. The van der Waals surface area contributed by atoms with Gasteiger partial charge in [-0.05, 0) is 25.0 Å². The summed E-state index contributed by atoms with van der Waals surface area (Å²) in [6.07, 6.45) is 5.79. The third-order valence-corrected chi connectivity index (χ3v) is 2.66. The van der Waals surface area contributed by atoms with Gasteiger partial charge in [0.2, 0.25) is 5.95 Å². The second-order valence-corrected chi connectivity index (χ2v) is 3.99. The molecule has 3 rings (SSSR count). The lowest BCUT2D eigenvalue weighted by Crippen LogP contribution is -2.08. The van der Waals surface area contributed by atoms with Gasteiger partial charge in [0, 0.05) is 18.4 Å². The lowest BCUT2D eigenvalue weighted by atomic mass is 10.3. The summed E-state index contributed by atoms with van der Waals surface area (Å²) in [6.45, 7) is 0. The summed E-state index contributed by atoms with van der Waals surface area (Å²) in [5, 5.41) is 3.28. The second kappa shape index (κ2) is 3.63. The highest BCUT2D eigenvalue weighted by atomic mass is 19.1. The zero-order valence-electron chi connectivity index (χ0n) is 8.73. The molecular formula is C12H12FN3. The second-order valence-electron chi connectivity index (χ2n) is 3.99. The lowest BCUT2D eigenvalue weighted by molar-refractivity contribution is 0.618. The molecule has 0 radical (unpaired) electrons. The van der Waals surface area contributed by atoms with Gasteiger partial charge >= 0.3 is 0 Å². The minimum Gasteiger partial charge on any atom is -0.353 e. The number of para-hydroxylation sites is 1. The summed E-state index contributed by atoms with van der Waals surface area (Å²) < 4.78 is 15.4. The van der Waals surface area contributed by atoms with E-state index in [0.29, 0.717) is 17.7 Å². The molecule has 1 aromatic heterocycles. The van der Waals surface area contributed by atoms with E-state index in [1.54, 1.807) is 29.1 Å². The number of imidazole rings is 1. The molecular weight excluding hydrogens is 205 g/mol. The van der Waals surface area contributed by atoms with Crippen LogP contribution >= 0.6 is 0 Å². The number of benzene rings is 1. The average Bonchev–Trinajstić information content (AvgIpc) is 2.97. The van der Waals surface area contributed by atoms with Gasteiger partial charge in [0.25, 0.3) is 0 Å². The van der Waals surface area contributed by atoms with E-state index in [1.165, 1.54) is 18.9 Å². The van der Waals surface area contributed by atoms with Crippen molar-refractivity contribution < 1.29 is 4.39 Å². The summed E-state index contributed by atoms with van der Waals surface area (Å²) >= 11 is 0. The molecule has 1 aliphatic carbocycles. The molecule has 0 spiro atoms. The van der Waals surface area contributed by atoms with Gasteiger partial charge < -0.3 is 5.32 Å². The molecule has 1 N–H and O–H groups in total. The fraction of sp³-hybridized carbons (Fsp3) is 0.250. The van der Waals surface area contributed by atoms with Crippen molar-refractivity contribution in [2.24, 2.45) is 0 Å². The Morgan fingerprint density at radius 2 is 2.12 bits per heavy atom. The normalized spacial score (nSPS) is 15.1. The van der Waals surface area contributed by atoms with Crippen LogP contribution in [0, 0.1) is 5.82 Å². The zero-order chi connectivity index (χ0) is 11.0. The SMILES string of the molecule is Fc1ccccc1-n1ccnc1NC1CC1. The van der Waals surface area contributed by atoms with Crippen LogP contribution < -0.4 is 5.32 Å². The Balaban J connectivity index is 1.99. The van der Waals surface area contributed by atoms with E-state index >= 15 is 0 Å². The van der Waals surface area contributed by atoms with Crippen LogP contribution in [-0.2, 0) is 0 Å². The highest BCUT2D eigenvalue weighted by Crippen LogP contribution is 2.25. The van der Waals surface area contributed by atoms with Crippen LogP contribution in [0.4, 0.5) is 10.3 Å². The topological polar surface area (TPSA) is 29.9 Å². The van der Waals surface area contributed by atoms with Crippen molar-refractivity contribution in [2.45, 2.75) is 18.9 Å². The Morgan fingerprint density at radius 1 is 1.31 bits per heavy atom. The van der Waals surface area contributed by atoms with E-state index in [-0.39, 0.29) is 5.82 Å². The number of halogens is 1. The summed E-state index contributed by atoms with van der Waals surface area (Å²) in [7, 11) is 0. The van der Waals surface area contributed by atoms with Gasteiger partial charge in [0.05, 0.1) is 5.69 Å². The maximum absolute atomic E-state index is 13.6. The van der Waals surface area contributed by atoms with Crippen molar-refractivity contribution in [3.63, 3.8) is 0 Å². The van der Waals surface area contributed by atoms with Crippen molar-refractivity contribution in [2.75, 3.05) is 5.32 Å². The molecule has 0 unspecified atom stereocenters. The minimum absolute atomic E-state index is 0.237. The molecule has 0 bridgehead atoms. The first kappa shape index (κ1) is 9.39. The van der Waals surface area contributed by atoms with Gasteiger partial charge in [-0.2, -0.15) is 0 Å². The maximum Gasteiger partial charge on any atom is 0.207 e. The maximum atomic E-state index is 13.6. The highest BCUT2D eigenvalue weighted by molar-refractivity contribution is 5.43. The van der Waals surface area contributed by atoms with E-state index in [1.807, 2.05) is 6.07 Å². The summed E-state index contributed by atoms with van der Waals surface area (Å²) in [6, 6.07) is 7.21. The molecule has 1 saturated carbocycles. The smallest absolute Gasteiger partial charge is 0.207 e. The van der Waals surface area contributed by atoms with Gasteiger partial charge in [-0.15, -0.1) is 0 Å². The van der Waals surface area contributed by atoms with Gasteiger partial charge in [-0.25, -0.2) is 9.37 Å². The monoisotopic (exact) mass is 217 g/mol. The van der Waals surface area contributed by atoms with Gasteiger partial charge in [-0.1, -0.05) is 12.1 Å². The molecule has 1 aromatic carbocycles. The first-order chi connectivity index (χ1) is 7.84. The van der Waals surface area contributed by atoms with E-state index in [2.05, 4.69) is 10.3 Å². The molecule has 2 aromatic rings. The Morgan fingerprint density at radius 3 is 2.88 bits per heavy atom. The number of hydrogen-bond acceptors (Lipinski definition) is 2. The molecule has 3 nitrogen and oxygen atoms in total. The molecule has 0 amide bonds. The summed E-state index contributed by atoms with van der Waals surface area (Å²) in [5.41, 5.74) is 0.531. The van der Waals surface area contributed by atoms with E-state index in [9.17, 15) is 4.39 Å². The molecule has 0 atom stereocenters. The van der Waals surface area contributed by atoms with E-state index < -0.39 is 0 Å². The number of rotatable bonds is 3. The molecule has 1 heterocycles. The Labute approximate surface area is 92.9 Å². The van der Waals surface area contributed by atoms with Crippen molar-refractivity contribution in [1.82, 2.24) is 9.55 Å². The number of aromatic nitrogens is 2. The molecule has 0 saturated heterocycles. The van der Waals surface area contributed by atoms with Gasteiger partial charge in [0.1, 0.15) is 5.82 Å². The number of nitrogens with zero attached hydrogens (tertiary/aromatic N) is 2. The van der Waals surface area contributed by atoms with Crippen LogP contribution in [-0.4, -0.2) is 15.6 Å². The van der Waals surface area contributed by atoms with Gasteiger partial charge in [0.15, 0.2) is 0 Å². The Kier molecular flexibility index (Phi) is 2.13. The average molecular weight is 217 g/mol. The highest BCUT2D eigenvalue weighted by Gasteiger charge is 2.23. The minimum atomic E-state index is -0.237. The van der Waals surface area contributed by atoms with E-state index in [4.69, 9.17) is 0 Å². The van der Waals surface area contributed by atoms with Gasteiger partial charge in [-0.3, -0.25) is 4.57 Å². The van der Waals surface area contributed by atoms with Crippen molar-refractivity contribution in [3.8, 4) is 5.69 Å². The quantitative estimate of drug-likeness (QED) is 0.856. The number of hydrogen-bond donors (Lipinski definition) is 1. The molecule has 82 valence electrons. The number of nitrogens with one attached hydrogen (secondary N) is 1. The van der Waals surface area contributed by atoms with Crippen LogP contribution in [0.25, 0.3) is 5.69 Å². The van der Waals surface area contributed by atoms with Crippen LogP contribution in [0.3, 0.4) is 0 Å². The Hall–Kier alpha value is -1.84. The lowest BCUT2D eigenvalue weighted by Gasteiger charge is -2.09. The molecule has 1 fully saturated rings. The fourth-order valence-electron chi connectivity index (χ4n) is 1.66. The largest absolute Gasteiger partial charge is 0.353 e. The van der Waals surface area contributed by atoms with Crippen LogP contribution in [0.15, 0.2) is 36.7 Å². The van der Waals surface area contributed by atoms with Crippen LogP contribution in [0.5, 0.6) is 0 Å². The van der Waals surface area contributed by atoms with Crippen LogP contribution in [0.1, 0.15) is 12.8 Å². The van der Waals surface area contributed by atoms with E-state index in [0.717, 1.165) is 0 Å². The molecule has 4 heteroatoms. The Bertz CT molecular complexity index is 502. The summed E-state index contributed by atoms with van der Waals surface area (Å²) in [5.74, 6) is 0.479. The zero-order valence-corrected chi connectivity index (χ0v) is 8.73. The van der Waals surface area contributed by atoms with Crippen LogP contribution in [0.2, 0.25) is 0 Å². The molecule has 1 aliphatic rings. The first-order valence-corrected chi connectivity index (χ1v) is 5.39. The first-order valence-electron chi connectivity index (χ1n) is 5.39. The fourth-order valence-corrected chi connectivity index (χ4v) is 1.66. The van der Waals surface area contributed by atoms with Crippen molar-refractivity contribution >= 4 is 5.95 Å². The molecule has 0 aliphatic heterocycles. The van der Waals surface area contributed by atoms with Crippen molar-refractivity contribution in [1.29, 1.82) is 0 Å². The molecule has 16 heavy (non-hydrogen) atoms. The predicted molar refractivity (Wildman–Crippen MR) is 60.2 cm³/mol. The standard InChI is InChI=1S/C12H12FN3/c13-10-3-1-2-4-11(10)16-8-7-14-12(16)15-9-5-6-9/h1-4,7-9H,5-6H2,(H,14,15).